The molecule has 6 aromatic rings. The van der Waals surface area contributed by atoms with E-state index in [1.54, 1.807) is 4.90 Å². The predicted molar refractivity (Wildman–Crippen MR) is 172 cm³/mol. The minimum atomic E-state index is -0.141. The van der Waals surface area contributed by atoms with Gasteiger partial charge in [-0.1, -0.05) is 78.9 Å². The maximum Gasteiger partial charge on any atom is 0.262 e. The molecule has 0 saturated heterocycles. The fourth-order valence-electron chi connectivity index (χ4n) is 5.13. The Hall–Kier alpha value is -5.67. The number of thiol groups is 1. The number of nitrogen functional groups attached to an aromatic ring is 1. The van der Waals surface area contributed by atoms with E-state index in [1.807, 2.05) is 138 Å². The van der Waals surface area contributed by atoms with Crippen LogP contribution >= 0.6 is 12.6 Å². The van der Waals surface area contributed by atoms with E-state index in [1.165, 1.54) is 4.68 Å². The van der Waals surface area contributed by atoms with E-state index in [9.17, 15) is 4.79 Å². The summed E-state index contributed by atoms with van der Waals surface area (Å²) in [6, 6.07) is 37.3. The highest BCUT2D eigenvalue weighted by Gasteiger charge is 2.31. The molecule has 4 aromatic carbocycles. The molecule has 0 bridgehead atoms. The second kappa shape index (κ2) is 11.0. The van der Waals surface area contributed by atoms with Crippen molar-refractivity contribution < 1.29 is 4.79 Å². The summed E-state index contributed by atoms with van der Waals surface area (Å²) in [5.74, 6) is 6.37. The molecule has 0 radical (unpaired) electrons. The Labute approximate surface area is 253 Å². The van der Waals surface area contributed by atoms with Gasteiger partial charge in [0.15, 0.2) is 5.82 Å². The maximum absolute atomic E-state index is 14.2. The molecular weight excluding hydrogens is 554 g/mol. The van der Waals surface area contributed by atoms with Crippen molar-refractivity contribution in [2.75, 3.05) is 10.7 Å². The van der Waals surface area contributed by atoms with Gasteiger partial charge in [0, 0.05) is 34.1 Å². The van der Waals surface area contributed by atoms with Crippen LogP contribution in [0.5, 0.6) is 0 Å². The van der Waals surface area contributed by atoms with Gasteiger partial charge in [0.2, 0.25) is 5.16 Å². The first-order valence-corrected chi connectivity index (χ1v) is 14.1. The van der Waals surface area contributed by atoms with Gasteiger partial charge in [-0.15, -0.1) is 22.8 Å². The zero-order valence-electron chi connectivity index (χ0n) is 22.8. The molecule has 7 rings (SSSR count). The topological polar surface area (TPSA) is 94.9 Å². The summed E-state index contributed by atoms with van der Waals surface area (Å²) in [6.07, 6.45) is 5.81. The van der Waals surface area contributed by atoms with Crippen LogP contribution in [0.25, 0.3) is 40.1 Å². The van der Waals surface area contributed by atoms with Crippen molar-refractivity contribution in [3.8, 4) is 28.3 Å². The quantitative estimate of drug-likeness (QED) is 0.138. The third-order valence-corrected chi connectivity index (χ3v) is 7.54. The van der Waals surface area contributed by atoms with Crippen LogP contribution in [0, 0.1) is 0 Å². The Kier molecular flexibility index (Phi) is 6.69. The number of hydrogen-bond acceptors (Lipinski definition) is 6. The summed E-state index contributed by atoms with van der Waals surface area (Å²) in [4.78, 5) is 15.9. The van der Waals surface area contributed by atoms with Crippen molar-refractivity contribution in [1.82, 2.24) is 24.7 Å². The number of para-hydroxylation sites is 1. The van der Waals surface area contributed by atoms with E-state index in [4.69, 9.17) is 10.9 Å². The molecule has 2 aromatic heterocycles. The van der Waals surface area contributed by atoms with Gasteiger partial charge in [-0.25, -0.2) is 9.36 Å². The summed E-state index contributed by atoms with van der Waals surface area (Å²) >= 11 is 4.22. The first kappa shape index (κ1) is 26.2. The Bertz CT molecular complexity index is 1990. The predicted octanol–water partition coefficient (Wildman–Crippen LogP) is 6.27. The zero-order chi connectivity index (χ0) is 29.3. The highest BCUT2D eigenvalue weighted by Crippen LogP contribution is 2.37. The minimum absolute atomic E-state index is 0.141. The van der Waals surface area contributed by atoms with Crippen LogP contribution in [0.3, 0.4) is 0 Å². The molecule has 1 aliphatic rings. The van der Waals surface area contributed by atoms with Gasteiger partial charge in [-0.2, -0.15) is 5.10 Å². The number of carbonyl (C=O) groups excluding carboxylic acids is 1. The molecule has 43 heavy (non-hydrogen) atoms. The molecule has 0 saturated carbocycles. The molecule has 208 valence electrons. The fourth-order valence-corrected chi connectivity index (χ4v) is 5.27. The van der Waals surface area contributed by atoms with E-state index in [-0.39, 0.29) is 5.91 Å². The number of rotatable bonds is 6. The number of nitrogens with zero attached hydrogens (tertiary/aromatic N) is 6. The summed E-state index contributed by atoms with van der Waals surface area (Å²) < 4.78 is 3.16. The largest absolute Gasteiger partial charge is 0.335 e. The average Bonchev–Trinajstić information content (AvgIpc) is 3.74. The number of carbonyl (C=O) groups is 1. The van der Waals surface area contributed by atoms with Crippen LogP contribution < -0.4 is 10.7 Å². The van der Waals surface area contributed by atoms with E-state index in [0.717, 1.165) is 39.3 Å². The SMILES string of the molecule is Nn1c(S)nnc1-c1ccc(N2C(=O)/C(=C/c3cn(-c4ccccc4)nc3-c3ccccc3)C=C2c2ccccc2)cc1. The van der Waals surface area contributed by atoms with Gasteiger partial charge >= 0.3 is 0 Å². The normalized spacial score (nSPS) is 14.0. The monoisotopic (exact) mass is 579 g/mol. The van der Waals surface area contributed by atoms with E-state index in [2.05, 4.69) is 22.8 Å². The molecule has 0 spiro atoms. The van der Waals surface area contributed by atoms with E-state index < -0.39 is 0 Å². The first-order chi connectivity index (χ1) is 21.1. The van der Waals surface area contributed by atoms with E-state index in [0.29, 0.717) is 22.2 Å². The van der Waals surface area contributed by atoms with Gasteiger partial charge in [0.05, 0.1) is 17.1 Å². The summed E-state index contributed by atoms with van der Waals surface area (Å²) in [7, 11) is 0. The molecule has 0 unspecified atom stereocenters. The second-order valence-corrected chi connectivity index (χ2v) is 10.4. The van der Waals surface area contributed by atoms with E-state index >= 15 is 0 Å². The Balaban J connectivity index is 1.32. The lowest BCUT2D eigenvalue weighted by molar-refractivity contribution is -0.113. The number of aromatic nitrogens is 5. The van der Waals surface area contributed by atoms with Crippen LogP contribution in [-0.4, -0.2) is 30.6 Å². The van der Waals surface area contributed by atoms with Crippen molar-refractivity contribution in [3.63, 3.8) is 0 Å². The summed E-state index contributed by atoms with van der Waals surface area (Å²) in [5, 5.41) is 13.3. The molecule has 8 nitrogen and oxygen atoms in total. The molecule has 0 atom stereocenters. The second-order valence-electron chi connectivity index (χ2n) is 9.96. The van der Waals surface area contributed by atoms with Crippen molar-refractivity contribution in [2.24, 2.45) is 0 Å². The number of hydrogen-bond donors (Lipinski definition) is 2. The van der Waals surface area contributed by atoms with Crippen LogP contribution in [-0.2, 0) is 4.79 Å². The summed E-state index contributed by atoms with van der Waals surface area (Å²) in [6.45, 7) is 0. The minimum Gasteiger partial charge on any atom is -0.335 e. The molecule has 0 aliphatic carbocycles. The number of amides is 1. The molecule has 1 aliphatic heterocycles. The van der Waals surface area contributed by atoms with Crippen molar-refractivity contribution in [3.05, 3.63) is 144 Å². The molecule has 2 N–H and O–H groups in total. The number of anilines is 1. The smallest absolute Gasteiger partial charge is 0.262 e. The standard InChI is InChI=1S/C34H25N7OS/c35-41-32(36-37-34(41)43)25-16-18-29(19-17-25)40-30(23-10-4-1-5-11-23)21-26(33(40)42)20-27-22-39(28-14-8-3-9-15-28)38-31(27)24-12-6-2-7-13-24/h1-22H,35H2,(H,37,43)/b26-20+. The summed E-state index contributed by atoms with van der Waals surface area (Å²) in [5.41, 5.74) is 7.25. The molecule has 9 heteroatoms. The molecule has 1 amide bonds. The Morgan fingerprint density at radius 2 is 1.33 bits per heavy atom. The van der Waals surface area contributed by atoms with Crippen molar-refractivity contribution in [2.45, 2.75) is 5.16 Å². The number of nitrogens with two attached hydrogens (primary N) is 1. The van der Waals surface area contributed by atoms with Crippen molar-refractivity contribution in [1.29, 1.82) is 0 Å². The first-order valence-electron chi connectivity index (χ1n) is 13.6. The van der Waals surface area contributed by atoms with Crippen LogP contribution in [0.2, 0.25) is 0 Å². The van der Waals surface area contributed by atoms with Gasteiger partial charge in [-0.05, 0) is 54.1 Å². The third kappa shape index (κ3) is 4.92. The van der Waals surface area contributed by atoms with Crippen molar-refractivity contribution >= 4 is 36.0 Å². The Morgan fingerprint density at radius 1 is 0.698 bits per heavy atom. The lowest BCUT2D eigenvalue weighted by atomic mass is 10.1. The highest BCUT2D eigenvalue weighted by atomic mass is 32.1. The number of benzene rings is 4. The average molecular weight is 580 g/mol. The van der Waals surface area contributed by atoms with Crippen LogP contribution in [0.4, 0.5) is 5.69 Å². The van der Waals surface area contributed by atoms with Gasteiger partial charge < -0.3 is 5.84 Å². The molecular formula is C34H25N7OS. The Morgan fingerprint density at radius 3 is 1.95 bits per heavy atom. The lowest BCUT2D eigenvalue weighted by Gasteiger charge is -2.21. The van der Waals surface area contributed by atoms with Crippen LogP contribution in [0.15, 0.2) is 138 Å². The van der Waals surface area contributed by atoms with Gasteiger partial charge in [0.1, 0.15) is 0 Å². The zero-order valence-corrected chi connectivity index (χ0v) is 23.7. The highest BCUT2D eigenvalue weighted by molar-refractivity contribution is 7.80. The lowest BCUT2D eigenvalue weighted by Crippen LogP contribution is -2.24. The molecule has 3 heterocycles. The molecule has 0 fully saturated rings. The van der Waals surface area contributed by atoms with Gasteiger partial charge in [-0.3, -0.25) is 9.69 Å². The van der Waals surface area contributed by atoms with Crippen LogP contribution in [0.1, 0.15) is 11.1 Å². The third-order valence-electron chi connectivity index (χ3n) is 7.24. The fraction of sp³-hybridized carbons (Fsp3) is 0. The van der Waals surface area contributed by atoms with Gasteiger partial charge in [0.25, 0.3) is 5.91 Å². The maximum atomic E-state index is 14.2.